The van der Waals surface area contributed by atoms with Crippen LogP contribution in [0.15, 0.2) is 54.7 Å². The van der Waals surface area contributed by atoms with E-state index in [9.17, 15) is 0 Å². The summed E-state index contributed by atoms with van der Waals surface area (Å²) in [6, 6.07) is 13.4. The van der Waals surface area contributed by atoms with Gasteiger partial charge in [-0.25, -0.2) is 0 Å². The van der Waals surface area contributed by atoms with Crippen LogP contribution in [0.4, 0.5) is 0 Å². The quantitative estimate of drug-likeness (QED) is 0.557. The van der Waals surface area contributed by atoms with Gasteiger partial charge >= 0.3 is 0 Å². The highest BCUT2D eigenvalue weighted by Crippen LogP contribution is 2.36. The average Bonchev–Trinajstić information content (AvgIpc) is 2.70. The molecule has 0 unspecified atom stereocenters. The van der Waals surface area contributed by atoms with E-state index in [2.05, 4.69) is 60.5 Å². The molecule has 2 aromatic rings. The lowest BCUT2D eigenvalue weighted by Gasteiger charge is -2.27. The van der Waals surface area contributed by atoms with Crippen LogP contribution in [0.5, 0.6) is 0 Å². The predicted molar refractivity (Wildman–Crippen MR) is 109 cm³/mol. The number of methoxy groups -OCH3 is 1. The monoisotopic (exact) mass is 349 g/mol. The normalized spacial score (nSPS) is 20.5. The van der Waals surface area contributed by atoms with Gasteiger partial charge in [-0.3, -0.25) is 4.98 Å². The first-order chi connectivity index (χ1) is 12.8. The van der Waals surface area contributed by atoms with Crippen LogP contribution in [0.1, 0.15) is 56.1 Å². The Morgan fingerprint density at radius 2 is 1.81 bits per heavy atom. The van der Waals surface area contributed by atoms with E-state index in [4.69, 9.17) is 4.74 Å². The summed E-state index contributed by atoms with van der Waals surface area (Å²) in [6.07, 6.45) is 13.9. The number of benzene rings is 1. The van der Waals surface area contributed by atoms with Crippen LogP contribution in [0.2, 0.25) is 0 Å². The summed E-state index contributed by atoms with van der Waals surface area (Å²) in [5.41, 5.74) is 5.09. The molecule has 0 spiro atoms. The molecule has 0 N–H and O–H groups in total. The van der Waals surface area contributed by atoms with E-state index in [1.54, 1.807) is 7.11 Å². The van der Waals surface area contributed by atoms with E-state index >= 15 is 0 Å². The Labute approximate surface area is 158 Å². The highest BCUT2D eigenvalue weighted by atomic mass is 16.5. The predicted octanol–water partition coefficient (Wildman–Crippen LogP) is 6.18. The van der Waals surface area contributed by atoms with Crippen molar-refractivity contribution in [1.29, 1.82) is 0 Å². The SMILES string of the molecule is CCCc1ccc(-c2ccc([C@H]3CC[C@H](/C=C/COC)CC3)cc2)nc1. The van der Waals surface area contributed by atoms with E-state index in [1.165, 1.54) is 48.8 Å². The second kappa shape index (κ2) is 9.68. The maximum Gasteiger partial charge on any atom is 0.0702 e. The maximum atomic E-state index is 5.10. The summed E-state index contributed by atoms with van der Waals surface area (Å²) in [5.74, 6) is 1.43. The van der Waals surface area contributed by atoms with Crippen LogP contribution in [-0.2, 0) is 11.2 Å². The second-order valence-corrected chi connectivity index (χ2v) is 7.42. The molecule has 3 rings (SSSR count). The summed E-state index contributed by atoms with van der Waals surface area (Å²) < 4.78 is 5.10. The van der Waals surface area contributed by atoms with Gasteiger partial charge in [0.2, 0.25) is 0 Å². The summed E-state index contributed by atoms with van der Waals surface area (Å²) in [5, 5.41) is 0. The Morgan fingerprint density at radius 1 is 1.04 bits per heavy atom. The Balaban J connectivity index is 1.58. The molecule has 1 aromatic carbocycles. The molecule has 2 nitrogen and oxygen atoms in total. The highest BCUT2D eigenvalue weighted by molar-refractivity contribution is 5.59. The Bertz CT molecular complexity index is 679. The minimum Gasteiger partial charge on any atom is -0.381 e. The topological polar surface area (TPSA) is 22.1 Å². The lowest BCUT2D eigenvalue weighted by atomic mass is 9.78. The zero-order valence-corrected chi connectivity index (χ0v) is 16.2. The standard InChI is InChI=1S/C24H31NO/c1-3-5-20-9-16-24(25-18-20)23-14-12-22(13-15-23)21-10-7-19(8-11-21)6-4-17-26-2/h4,6,9,12-16,18-19,21H,3,5,7-8,10-11,17H2,1-2H3/b6-4+/t19-,21-. The van der Waals surface area contributed by atoms with Gasteiger partial charge in [-0.05, 0) is 61.1 Å². The van der Waals surface area contributed by atoms with Crippen LogP contribution >= 0.6 is 0 Å². The summed E-state index contributed by atoms with van der Waals surface area (Å²) in [7, 11) is 1.75. The fourth-order valence-corrected chi connectivity index (χ4v) is 3.95. The van der Waals surface area contributed by atoms with Gasteiger partial charge in [0.25, 0.3) is 0 Å². The van der Waals surface area contributed by atoms with Crippen LogP contribution in [0.3, 0.4) is 0 Å². The molecule has 0 bridgehead atoms. The summed E-state index contributed by atoms with van der Waals surface area (Å²) >= 11 is 0. The molecule has 2 heteroatoms. The Hall–Kier alpha value is -1.93. The number of pyridine rings is 1. The van der Waals surface area contributed by atoms with E-state index in [1.807, 2.05) is 6.20 Å². The van der Waals surface area contributed by atoms with Crippen molar-refractivity contribution in [3.05, 3.63) is 65.9 Å². The van der Waals surface area contributed by atoms with E-state index < -0.39 is 0 Å². The summed E-state index contributed by atoms with van der Waals surface area (Å²) in [6.45, 7) is 2.94. The number of ether oxygens (including phenoxy) is 1. The van der Waals surface area contributed by atoms with Gasteiger partial charge in [0.05, 0.1) is 12.3 Å². The smallest absolute Gasteiger partial charge is 0.0702 e. The average molecular weight is 350 g/mol. The number of hydrogen-bond donors (Lipinski definition) is 0. The molecule has 1 aromatic heterocycles. The number of allylic oxidation sites excluding steroid dienone is 1. The molecule has 0 amide bonds. The molecule has 1 saturated carbocycles. The lowest BCUT2D eigenvalue weighted by Crippen LogP contribution is -2.11. The molecule has 0 saturated heterocycles. The van der Waals surface area contributed by atoms with E-state index in [0.29, 0.717) is 5.92 Å². The molecule has 138 valence electrons. The highest BCUT2D eigenvalue weighted by Gasteiger charge is 2.20. The number of nitrogens with zero attached hydrogens (tertiary/aromatic N) is 1. The van der Waals surface area contributed by atoms with Crippen molar-refractivity contribution in [1.82, 2.24) is 4.98 Å². The Kier molecular flexibility index (Phi) is 7.02. The molecule has 1 heterocycles. The molecule has 26 heavy (non-hydrogen) atoms. The van der Waals surface area contributed by atoms with E-state index in [-0.39, 0.29) is 0 Å². The fourth-order valence-electron chi connectivity index (χ4n) is 3.95. The number of aromatic nitrogens is 1. The van der Waals surface area contributed by atoms with Crippen molar-refractivity contribution >= 4 is 0 Å². The van der Waals surface area contributed by atoms with Gasteiger partial charge in [0.15, 0.2) is 0 Å². The largest absolute Gasteiger partial charge is 0.381 e. The Morgan fingerprint density at radius 3 is 2.42 bits per heavy atom. The minimum atomic E-state index is 0.705. The zero-order valence-electron chi connectivity index (χ0n) is 16.2. The van der Waals surface area contributed by atoms with Crippen molar-refractivity contribution in [3.8, 4) is 11.3 Å². The lowest BCUT2D eigenvalue weighted by molar-refractivity contribution is 0.233. The van der Waals surface area contributed by atoms with Crippen LogP contribution in [0, 0.1) is 5.92 Å². The molecule has 1 fully saturated rings. The minimum absolute atomic E-state index is 0.705. The van der Waals surface area contributed by atoms with E-state index in [0.717, 1.165) is 24.6 Å². The van der Waals surface area contributed by atoms with Crippen molar-refractivity contribution in [2.75, 3.05) is 13.7 Å². The summed E-state index contributed by atoms with van der Waals surface area (Å²) in [4.78, 5) is 4.64. The first-order valence-electron chi connectivity index (χ1n) is 10.0. The van der Waals surface area contributed by atoms with Crippen LogP contribution in [-0.4, -0.2) is 18.7 Å². The first kappa shape index (κ1) is 18.8. The number of rotatable bonds is 7. The third-order valence-electron chi connectivity index (χ3n) is 5.48. The van der Waals surface area contributed by atoms with Gasteiger partial charge in [0, 0.05) is 18.9 Å². The number of aryl methyl sites for hydroxylation is 1. The van der Waals surface area contributed by atoms with Gasteiger partial charge in [-0.15, -0.1) is 0 Å². The second-order valence-electron chi connectivity index (χ2n) is 7.42. The molecular formula is C24H31NO. The molecule has 0 aliphatic heterocycles. The van der Waals surface area contributed by atoms with Gasteiger partial charge in [-0.2, -0.15) is 0 Å². The van der Waals surface area contributed by atoms with Gasteiger partial charge in [-0.1, -0.05) is 55.8 Å². The van der Waals surface area contributed by atoms with Crippen LogP contribution in [0.25, 0.3) is 11.3 Å². The third-order valence-corrected chi connectivity index (χ3v) is 5.48. The third kappa shape index (κ3) is 5.04. The molecular weight excluding hydrogens is 318 g/mol. The molecule has 1 aliphatic carbocycles. The van der Waals surface area contributed by atoms with Gasteiger partial charge < -0.3 is 4.74 Å². The van der Waals surface area contributed by atoms with Crippen LogP contribution < -0.4 is 0 Å². The zero-order chi connectivity index (χ0) is 18.2. The fraction of sp³-hybridized carbons (Fsp3) is 0.458. The molecule has 0 atom stereocenters. The van der Waals surface area contributed by atoms with Crippen molar-refractivity contribution in [3.63, 3.8) is 0 Å². The number of hydrogen-bond acceptors (Lipinski definition) is 2. The van der Waals surface area contributed by atoms with Crippen molar-refractivity contribution < 1.29 is 4.74 Å². The molecule has 1 aliphatic rings. The van der Waals surface area contributed by atoms with Gasteiger partial charge in [0.1, 0.15) is 0 Å². The first-order valence-corrected chi connectivity index (χ1v) is 10.0. The van der Waals surface area contributed by atoms with Crippen molar-refractivity contribution in [2.45, 2.75) is 51.4 Å². The molecule has 0 radical (unpaired) electrons. The van der Waals surface area contributed by atoms with Crippen molar-refractivity contribution in [2.24, 2.45) is 5.92 Å². The maximum absolute atomic E-state index is 5.10.